The van der Waals surface area contributed by atoms with Crippen LogP contribution in [-0.2, 0) is 4.79 Å². The maximum atomic E-state index is 12.6. The van der Waals surface area contributed by atoms with Crippen molar-refractivity contribution in [3.05, 3.63) is 29.8 Å². The summed E-state index contributed by atoms with van der Waals surface area (Å²) < 4.78 is 0. The van der Waals surface area contributed by atoms with E-state index >= 15 is 0 Å². The smallest absolute Gasteiger partial charge is 0.326 e. The van der Waals surface area contributed by atoms with Gasteiger partial charge >= 0.3 is 12.0 Å². The number of carboxylic acids is 1. The summed E-state index contributed by atoms with van der Waals surface area (Å²) in [6.45, 7) is 2.25. The van der Waals surface area contributed by atoms with Gasteiger partial charge in [0.25, 0.3) is 5.91 Å². The van der Waals surface area contributed by atoms with Crippen LogP contribution in [0.25, 0.3) is 0 Å². The molecule has 1 aromatic rings. The maximum Gasteiger partial charge on any atom is 0.326 e. The molecular weight excluding hydrogens is 286 g/mol. The molecule has 1 saturated heterocycles. The Morgan fingerprint density at radius 1 is 1.36 bits per heavy atom. The van der Waals surface area contributed by atoms with Crippen LogP contribution >= 0.6 is 0 Å². The van der Waals surface area contributed by atoms with Crippen molar-refractivity contribution >= 4 is 23.6 Å². The van der Waals surface area contributed by atoms with E-state index in [1.54, 1.807) is 18.2 Å². The fourth-order valence-electron chi connectivity index (χ4n) is 2.83. The lowest BCUT2D eigenvalue weighted by Gasteiger charge is -2.37. The second-order valence-electron chi connectivity index (χ2n) is 5.47. The van der Waals surface area contributed by atoms with Crippen molar-refractivity contribution in [3.63, 3.8) is 0 Å². The summed E-state index contributed by atoms with van der Waals surface area (Å²) in [5.41, 5.74) is 5.77. The number of rotatable bonds is 3. The lowest BCUT2D eigenvalue weighted by atomic mass is 9.90. The number of carbonyl (C=O) groups excluding carboxylic acids is 2. The van der Waals surface area contributed by atoms with Crippen LogP contribution in [-0.4, -0.2) is 40.5 Å². The van der Waals surface area contributed by atoms with E-state index in [9.17, 15) is 19.5 Å². The summed E-state index contributed by atoms with van der Waals surface area (Å²) in [4.78, 5) is 36.3. The molecule has 22 heavy (non-hydrogen) atoms. The number of piperidine rings is 1. The van der Waals surface area contributed by atoms with Gasteiger partial charge in [-0.2, -0.15) is 0 Å². The van der Waals surface area contributed by atoms with Gasteiger partial charge in [0.2, 0.25) is 0 Å². The van der Waals surface area contributed by atoms with Crippen LogP contribution in [0.1, 0.15) is 30.1 Å². The molecule has 0 bridgehead atoms. The van der Waals surface area contributed by atoms with Crippen molar-refractivity contribution in [2.75, 3.05) is 11.9 Å². The zero-order chi connectivity index (χ0) is 16.3. The number of nitrogens with two attached hydrogens (primary N) is 1. The Bertz CT molecular complexity index is 602. The molecule has 3 amide bonds. The topological polar surface area (TPSA) is 113 Å². The summed E-state index contributed by atoms with van der Waals surface area (Å²) in [5, 5.41) is 11.8. The fourth-order valence-corrected chi connectivity index (χ4v) is 2.83. The minimum Gasteiger partial charge on any atom is -0.480 e. The zero-order valence-electron chi connectivity index (χ0n) is 12.3. The molecule has 1 heterocycles. The van der Waals surface area contributed by atoms with E-state index in [0.717, 1.165) is 12.8 Å². The molecule has 1 aromatic carbocycles. The second-order valence-corrected chi connectivity index (χ2v) is 5.47. The Kier molecular flexibility index (Phi) is 4.65. The molecule has 1 aliphatic heterocycles. The molecule has 1 fully saturated rings. The highest BCUT2D eigenvalue weighted by Crippen LogP contribution is 2.25. The first kappa shape index (κ1) is 15.8. The molecule has 0 saturated carbocycles. The molecule has 0 radical (unpaired) electrons. The van der Waals surface area contributed by atoms with Gasteiger partial charge in [0, 0.05) is 17.8 Å². The van der Waals surface area contributed by atoms with Gasteiger partial charge in [-0.3, -0.25) is 4.79 Å². The molecule has 2 rings (SSSR count). The Balaban J connectivity index is 2.26. The van der Waals surface area contributed by atoms with Gasteiger partial charge in [-0.25, -0.2) is 9.59 Å². The van der Waals surface area contributed by atoms with E-state index in [1.165, 1.54) is 11.0 Å². The van der Waals surface area contributed by atoms with Crippen molar-refractivity contribution in [2.24, 2.45) is 11.7 Å². The van der Waals surface area contributed by atoms with E-state index < -0.39 is 18.0 Å². The summed E-state index contributed by atoms with van der Waals surface area (Å²) in [7, 11) is 0. The average molecular weight is 305 g/mol. The van der Waals surface area contributed by atoms with Crippen molar-refractivity contribution in [1.29, 1.82) is 0 Å². The standard InChI is InChI=1S/C15H19N3O4/c1-9-4-3-7-18(12(9)14(20)21)13(19)10-5-2-6-11(8-10)17-15(16)22/h2,5-6,8-9,12H,3-4,7H2,1H3,(H,20,21)(H3,16,17,22). The molecule has 118 valence electrons. The quantitative estimate of drug-likeness (QED) is 0.785. The normalized spacial score (nSPS) is 21.2. The van der Waals surface area contributed by atoms with Crippen LogP contribution in [0.4, 0.5) is 10.5 Å². The molecule has 2 unspecified atom stereocenters. The molecule has 0 aromatic heterocycles. The molecule has 0 aliphatic carbocycles. The zero-order valence-corrected chi connectivity index (χ0v) is 12.3. The highest BCUT2D eigenvalue weighted by Gasteiger charge is 2.37. The van der Waals surface area contributed by atoms with Crippen molar-refractivity contribution in [2.45, 2.75) is 25.8 Å². The molecule has 4 N–H and O–H groups in total. The number of benzene rings is 1. The Morgan fingerprint density at radius 2 is 2.09 bits per heavy atom. The highest BCUT2D eigenvalue weighted by molar-refractivity contribution is 5.98. The molecule has 1 aliphatic rings. The van der Waals surface area contributed by atoms with E-state index in [2.05, 4.69) is 5.32 Å². The third-order valence-corrected chi connectivity index (χ3v) is 3.82. The van der Waals surface area contributed by atoms with Crippen LogP contribution in [0.2, 0.25) is 0 Å². The number of carbonyl (C=O) groups is 3. The van der Waals surface area contributed by atoms with E-state index in [0.29, 0.717) is 17.8 Å². The number of primary amides is 1. The highest BCUT2D eigenvalue weighted by atomic mass is 16.4. The molecule has 2 atom stereocenters. The molecule has 7 heteroatoms. The van der Waals surface area contributed by atoms with Crippen molar-refractivity contribution < 1.29 is 19.5 Å². The minimum absolute atomic E-state index is 0.0953. The predicted molar refractivity (Wildman–Crippen MR) is 80.5 cm³/mol. The van der Waals surface area contributed by atoms with Gasteiger partial charge in [-0.1, -0.05) is 13.0 Å². The number of hydrogen-bond donors (Lipinski definition) is 3. The number of likely N-dealkylation sites (tertiary alicyclic amines) is 1. The maximum absolute atomic E-state index is 12.6. The lowest BCUT2D eigenvalue weighted by molar-refractivity contribution is -0.145. The van der Waals surface area contributed by atoms with E-state index in [-0.39, 0.29) is 11.8 Å². The third kappa shape index (κ3) is 3.36. The number of aliphatic carboxylic acids is 1. The third-order valence-electron chi connectivity index (χ3n) is 3.82. The number of carboxylic acid groups (broad SMARTS) is 1. The van der Waals surface area contributed by atoms with Gasteiger partial charge in [-0.05, 0) is 37.0 Å². The summed E-state index contributed by atoms with van der Waals surface area (Å²) in [6.07, 6.45) is 1.56. The molecular formula is C15H19N3O4. The number of nitrogens with one attached hydrogen (secondary N) is 1. The van der Waals surface area contributed by atoms with Gasteiger partial charge in [0.05, 0.1) is 0 Å². The number of anilines is 1. The monoisotopic (exact) mass is 305 g/mol. The summed E-state index contributed by atoms with van der Waals surface area (Å²) in [5.74, 6) is -1.44. The first-order chi connectivity index (χ1) is 10.4. The largest absolute Gasteiger partial charge is 0.480 e. The van der Waals surface area contributed by atoms with Gasteiger partial charge in [-0.15, -0.1) is 0 Å². The first-order valence-electron chi connectivity index (χ1n) is 7.10. The summed E-state index contributed by atoms with van der Waals surface area (Å²) in [6, 6.07) is 4.75. The van der Waals surface area contributed by atoms with Crippen molar-refractivity contribution in [3.8, 4) is 0 Å². The lowest BCUT2D eigenvalue weighted by Crippen LogP contribution is -2.51. The molecule has 7 nitrogen and oxygen atoms in total. The first-order valence-corrected chi connectivity index (χ1v) is 7.10. The van der Waals surface area contributed by atoms with Crippen LogP contribution in [0.15, 0.2) is 24.3 Å². The fraction of sp³-hybridized carbons (Fsp3) is 0.400. The number of hydrogen-bond acceptors (Lipinski definition) is 3. The number of amides is 3. The number of nitrogens with zero attached hydrogens (tertiary/aromatic N) is 1. The van der Waals surface area contributed by atoms with E-state index in [4.69, 9.17) is 5.73 Å². The van der Waals surface area contributed by atoms with Gasteiger partial charge < -0.3 is 21.1 Å². The molecule has 0 spiro atoms. The minimum atomic E-state index is -0.994. The summed E-state index contributed by atoms with van der Waals surface area (Å²) >= 11 is 0. The van der Waals surface area contributed by atoms with Gasteiger partial charge in [0.15, 0.2) is 0 Å². The van der Waals surface area contributed by atoms with Crippen LogP contribution in [0, 0.1) is 5.92 Å². The van der Waals surface area contributed by atoms with Gasteiger partial charge in [0.1, 0.15) is 6.04 Å². The average Bonchev–Trinajstić information content (AvgIpc) is 2.45. The second kappa shape index (κ2) is 6.46. The number of urea groups is 1. The predicted octanol–water partition coefficient (Wildman–Crippen LogP) is 1.50. The Hall–Kier alpha value is -2.57. The Labute approximate surface area is 128 Å². The van der Waals surface area contributed by atoms with Crippen LogP contribution in [0.3, 0.4) is 0 Å². The Morgan fingerprint density at radius 3 is 2.73 bits per heavy atom. The van der Waals surface area contributed by atoms with Crippen LogP contribution in [0.5, 0.6) is 0 Å². The SMILES string of the molecule is CC1CCCN(C(=O)c2cccc(NC(N)=O)c2)C1C(=O)O. The van der Waals surface area contributed by atoms with Crippen molar-refractivity contribution in [1.82, 2.24) is 4.90 Å². The van der Waals surface area contributed by atoms with E-state index in [1.807, 2.05) is 6.92 Å². The van der Waals surface area contributed by atoms with Crippen LogP contribution < -0.4 is 11.1 Å².